The topological polar surface area (TPSA) is 43.9 Å². The molecule has 0 radical (unpaired) electrons. The van der Waals surface area contributed by atoms with E-state index in [0.29, 0.717) is 31.7 Å². The van der Waals surface area contributed by atoms with Crippen LogP contribution in [0.5, 0.6) is 0 Å². The zero-order chi connectivity index (χ0) is 20.4. The molecule has 7 heteroatoms. The van der Waals surface area contributed by atoms with Crippen molar-refractivity contribution in [3.05, 3.63) is 35.4 Å². The molecule has 0 saturated carbocycles. The van der Waals surface area contributed by atoms with E-state index in [4.69, 9.17) is 0 Å². The number of rotatable bonds is 4. The van der Waals surface area contributed by atoms with Gasteiger partial charge >= 0.3 is 0 Å². The van der Waals surface area contributed by atoms with Crippen molar-refractivity contribution in [2.45, 2.75) is 45.1 Å². The van der Waals surface area contributed by atoms with Crippen LogP contribution in [-0.4, -0.2) is 65.8 Å². The highest BCUT2D eigenvalue weighted by molar-refractivity contribution is 5.84. The minimum atomic E-state index is -0.884. The quantitative estimate of drug-likeness (QED) is 0.774. The lowest BCUT2D eigenvalue weighted by molar-refractivity contribution is -0.146. The number of halogens is 2. The molecule has 0 N–H and O–H groups in total. The summed E-state index contributed by atoms with van der Waals surface area (Å²) in [6.07, 6.45) is 5.82. The van der Waals surface area contributed by atoms with Crippen LogP contribution in [0, 0.1) is 17.0 Å². The van der Waals surface area contributed by atoms with E-state index in [-0.39, 0.29) is 11.8 Å². The van der Waals surface area contributed by atoms with Crippen LogP contribution in [0.25, 0.3) is 0 Å². The minimum absolute atomic E-state index is 0.0846. The van der Waals surface area contributed by atoms with E-state index in [2.05, 4.69) is 4.90 Å². The molecule has 0 bridgehead atoms. The van der Waals surface area contributed by atoms with E-state index in [9.17, 15) is 18.4 Å². The molecule has 1 aromatic rings. The number of likely N-dealkylation sites (tertiary alicyclic amines) is 3. The Balaban J connectivity index is 1.38. The number of nitrogens with zero attached hydrogens (tertiary/aromatic N) is 3. The van der Waals surface area contributed by atoms with Crippen LogP contribution in [0.3, 0.4) is 0 Å². The van der Waals surface area contributed by atoms with E-state index in [1.54, 1.807) is 4.90 Å². The van der Waals surface area contributed by atoms with E-state index in [0.717, 1.165) is 57.8 Å². The molecule has 3 aliphatic rings. The molecule has 2 amide bonds. The lowest BCUT2D eigenvalue weighted by atomic mass is 9.78. The van der Waals surface area contributed by atoms with Gasteiger partial charge in [0.1, 0.15) is 0 Å². The predicted molar refractivity (Wildman–Crippen MR) is 105 cm³/mol. The van der Waals surface area contributed by atoms with Gasteiger partial charge in [0, 0.05) is 32.7 Å². The normalized spacial score (nSPS) is 25.8. The number of benzene rings is 1. The van der Waals surface area contributed by atoms with Crippen LogP contribution in [-0.2, 0) is 16.1 Å². The molecule has 0 aromatic heterocycles. The molecule has 29 heavy (non-hydrogen) atoms. The highest BCUT2D eigenvalue weighted by atomic mass is 19.2. The molecule has 1 aromatic carbocycles. The summed E-state index contributed by atoms with van der Waals surface area (Å²) in [5, 5.41) is 0. The third-order valence-corrected chi connectivity index (χ3v) is 6.68. The molecule has 3 fully saturated rings. The third-order valence-electron chi connectivity index (χ3n) is 6.68. The number of hydrogen-bond acceptors (Lipinski definition) is 3. The molecule has 0 unspecified atom stereocenters. The number of hydrogen-bond donors (Lipinski definition) is 0. The smallest absolute Gasteiger partial charge is 0.236 e. The van der Waals surface area contributed by atoms with Crippen molar-refractivity contribution < 1.29 is 18.4 Å². The Morgan fingerprint density at radius 1 is 0.966 bits per heavy atom. The maximum Gasteiger partial charge on any atom is 0.236 e. The fraction of sp³-hybridized carbons (Fsp3) is 0.636. The summed E-state index contributed by atoms with van der Waals surface area (Å²) in [6.45, 7) is 4.37. The largest absolute Gasteiger partial charge is 0.342 e. The number of carbonyl (C=O) groups excluding carboxylic acids is 2. The minimum Gasteiger partial charge on any atom is -0.342 e. The van der Waals surface area contributed by atoms with Gasteiger partial charge in [-0.25, -0.2) is 8.78 Å². The van der Waals surface area contributed by atoms with E-state index in [1.807, 2.05) is 4.90 Å². The summed E-state index contributed by atoms with van der Waals surface area (Å²) in [4.78, 5) is 31.7. The van der Waals surface area contributed by atoms with Crippen molar-refractivity contribution in [1.82, 2.24) is 14.7 Å². The summed E-state index contributed by atoms with van der Waals surface area (Å²) in [5.74, 6) is -1.50. The average molecular weight is 405 g/mol. The van der Waals surface area contributed by atoms with Crippen molar-refractivity contribution in [2.75, 3.05) is 39.3 Å². The summed E-state index contributed by atoms with van der Waals surface area (Å²) in [5.41, 5.74) is 0.156. The zero-order valence-corrected chi connectivity index (χ0v) is 16.8. The van der Waals surface area contributed by atoms with Crippen molar-refractivity contribution in [1.29, 1.82) is 0 Å². The summed E-state index contributed by atoms with van der Waals surface area (Å²) >= 11 is 0. The van der Waals surface area contributed by atoms with Crippen LogP contribution in [0.1, 0.15) is 44.1 Å². The first-order valence-electron chi connectivity index (χ1n) is 10.7. The Morgan fingerprint density at radius 2 is 1.76 bits per heavy atom. The Bertz CT molecular complexity index is 781. The van der Waals surface area contributed by atoms with E-state index in [1.165, 1.54) is 18.6 Å². The second-order valence-corrected chi connectivity index (χ2v) is 8.76. The van der Waals surface area contributed by atoms with Gasteiger partial charge in [-0.15, -0.1) is 0 Å². The highest BCUT2D eigenvalue weighted by Gasteiger charge is 2.48. The molecule has 5 nitrogen and oxygen atoms in total. The molecular formula is C22H29F2N3O2. The number of amides is 2. The maximum absolute atomic E-state index is 13.5. The van der Waals surface area contributed by atoms with E-state index < -0.39 is 17.0 Å². The van der Waals surface area contributed by atoms with Gasteiger partial charge in [-0.3, -0.25) is 14.5 Å². The SMILES string of the molecule is O=C(CN1CC[C@]2(CCCN(Cc3ccc(F)c(F)c3)C2=O)C1)N1CCCCC1. The first-order chi connectivity index (χ1) is 14.0. The second-order valence-electron chi connectivity index (χ2n) is 8.76. The van der Waals surface area contributed by atoms with Crippen molar-refractivity contribution >= 4 is 11.8 Å². The van der Waals surface area contributed by atoms with E-state index >= 15 is 0 Å². The Morgan fingerprint density at radius 3 is 2.52 bits per heavy atom. The monoisotopic (exact) mass is 405 g/mol. The molecule has 3 heterocycles. The first kappa shape index (κ1) is 20.3. The maximum atomic E-state index is 13.5. The van der Waals surface area contributed by atoms with Crippen molar-refractivity contribution in [3.63, 3.8) is 0 Å². The van der Waals surface area contributed by atoms with Crippen LogP contribution in [0.4, 0.5) is 8.78 Å². The van der Waals surface area contributed by atoms with Gasteiger partial charge in [0.15, 0.2) is 11.6 Å². The second kappa shape index (κ2) is 8.38. The predicted octanol–water partition coefficient (Wildman–Crippen LogP) is 2.79. The van der Waals surface area contributed by atoms with Gasteiger partial charge in [0.05, 0.1) is 12.0 Å². The summed E-state index contributed by atoms with van der Waals surface area (Å²) in [6, 6.07) is 3.81. The summed E-state index contributed by atoms with van der Waals surface area (Å²) < 4.78 is 26.7. The van der Waals surface area contributed by atoms with Gasteiger partial charge in [0.25, 0.3) is 0 Å². The molecule has 158 valence electrons. The van der Waals surface area contributed by atoms with Gasteiger partial charge in [0.2, 0.25) is 11.8 Å². The van der Waals surface area contributed by atoms with Crippen LogP contribution in [0.15, 0.2) is 18.2 Å². The van der Waals surface area contributed by atoms with Gasteiger partial charge in [-0.2, -0.15) is 0 Å². The van der Waals surface area contributed by atoms with Gasteiger partial charge in [-0.05, 0) is 62.8 Å². The first-order valence-corrected chi connectivity index (χ1v) is 10.7. The van der Waals surface area contributed by atoms with Crippen LogP contribution >= 0.6 is 0 Å². The van der Waals surface area contributed by atoms with Crippen LogP contribution in [0.2, 0.25) is 0 Å². The lowest BCUT2D eigenvalue weighted by Gasteiger charge is -2.39. The molecule has 1 spiro atoms. The zero-order valence-electron chi connectivity index (χ0n) is 16.8. The van der Waals surface area contributed by atoms with Crippen LogP contribution < -0.4 is 0 Å². The number of piperidine rings is 2. The summed E-state index contributed by atoms with van der Waals surface area (Å²) in [7, 11) is 0. The molecule has 3 saturated heterocycles. The third kappa shape index (κ3) is 4.29. The number of carbonyl (C=O) groups is 2. The Kier molecular flexibility index (Phi) is 5.86. The van der Waals surface area contributed by atoms with Crippen molar-refractivity contribution in [2.24, 2.45) is 5.41 Å². The van der Waals surface area contributed by atoms with Gasteiger partial charge < -0.3 is 9.80 Å². The van der Waals surface area contributed by atoms with Crippen molar-refractivity contribution in [3.8, 4) is 0 Å². The standard InChI is InChI=1S/C22H29F2N3O2/c23-18-6-5-17(13-19(18)24)14-27-11-4-7-22(21(27)29)8-12-25(16-22)15-20(28)26-9-2-1-3-10-26/h5-6,13H,1-4,7-12,14-16H2/t22-/m1/s1. The Labute approximate surface area is 170 Å². The Hall–Kier alpha value is -2.02. The fourth-order valence-corrected chi connectivity index (χ4v) is 5.07. The lowest BCUT2D eigenvalue weighted by Crippen LogP contribution is -2.50. The molecule has 0 aliphatic carbocycles. The molecular weight excluding hydrogens is 376 g/mol. The molecule has 1 atom stereocenters. The highest BCUT2D eigenvalue weighted by Crippen LogP contribution is 2.40. The van der Waals surface area contributed by atoms with Gasteiger partial charge in [-0.1, -0.05) is 6.07 Å². The molecule has 4 rings (SSSR count). The average Bonchev–Trinajstić information content (AvgIpc) is 3.12. The fourth-order valence-electron chi connectivity index (χ4n) is 5.07. The molecule has 3 aliphatic heterocycles.